The molecule has 156 valence electrons. The average Bonchev–Trinajstić information content (AvgIpc) is 3.28. The molecule has 0 saturated carbocycles. The van der Waals surface area contributed by atoms with Crippen LogP contribution in [0.4, 0.5) is 10.1 Å². The van der Waals surface area contributed by atoms with E-state index in [0.29, 0.717) is 22.8 Å². The van der Waals surface area contributed by atoms with Gasteiger partial charge in [0.2, 0.25) is 5.82 Å². The van der Waals surface area contributed by atoms with E-state index in [1.807, 2.05) is 12.1 Å². The smallest absolute Gasteiger partial charge is 0.264 e. The SMILES string of the molecule is COc1ccc(-c2noc(COc3ccccc3C(=O)Nc3ccc(F)cc3)n2)cc1. The van der Waals surface area contributed by atoms with Gasteiger partial charge in [0.1, 0.15) is 17.3 Å². The predicted molar refractivity (Wildman–Crippen MR) is 111 cm³/mol. The highest BCUT2D eigenvalue weighted by Crippen LogP contribution is 2.23. The fourth-order valence-corrected chi connectivity index (χ4v) is 2.82. The van der Waals surface area contributed by atoms with Gasteiger partial charge in [0.15, 0.2) is 6.61 Å². The number of carbonyl (C=O) groups excluding carboxylic acids is 1. The maximum Gasteiger partial charge on any atom is 0.264 e. The summed E-state index contributed by atoms with van der Waals surface area (Å²) in [6.45, 7) is -0.00992. The highest BCUT2D eigenvalue weighted by atomic mass is 19.1. The molecular weight excluding hydrogens is 401 g/mol. The minimum atomic E-state index is -0.383. The number of nitrogens with one attached hydrogen (secondary N) is 1. The number of hydrogen-bond acceptors (Lipinski definition) is 6. The molecule has 8 heteroatoms. The number of halogens is 1. The number of ether oxygens (including phenoxy) is 2. The third-order valence-electron chi connectivity index (χ3n) is 4.40. The van der Waals surface area contributed by atoms with Crippen molar-refractivity contribution in [1.29, 1.82) is 0 Å². The fourth-order valence-electron chi connectivity index (χ4n) is 2.82. The first-order chi connectivity index (χ1) is 15.1. The Morgan fingerprint density at radius 2 is 1.77 bits per heavy atom. The zero-order valence-corrected chi connectivity index (χ0v) is 16.5. The van der Waals surface area contributed by atoms with Gasteiger partial charge in [-0.2, -0.15) is 4.98 Å². The van der Waals surface area contributed by atoms with Crippen molar-refractivity contribution in [1.82, 2.24) is 10.1 Å². The Balaban J connectivity index is 1.44. The molecule has 0 unspecified atom stereocenters. The van der Waals surface area contributed by atoms with E-state index in [1.54, 1.807) is 43.5 Å². The van der Waals surface area contributed by atoms with Crippen LogP contribution in [0.5, 0.6) is 11.5 Å². The standard InChI is InChI=1S/C23H18FN3O4/c1-29-18-12-6-15(7-13-18)22-26-21(31-27-22)14-30-20-5-3-2-4-19(20)23(28)25-17-10-8-16(24)9-11-17/h2-13H,14H2,1H3,(H,25,28). The largest absolute Gasteiger partial charge is 0.497 e. The Hall–Kier alpha value is -4.20. The normalized spacial score (nSPS) is 10.5. The van der Waals surface area contributed by atoms with E-state index in [-0.39, 0.29) is 24.2 Å². The van der Waals surface area contributed by atoms with Gasteiger partial charge < -0.3 is 19.3 Å². The molecule has 31 heavy (non-hydrogen) atoms. The summed E-state index contributed by atoms with van der Waals surface area (Å²) in [5.74, 6) is 1.00. The lowest BCUT2D eigenvalue weighted by Crippen LogP contribution is -2.13. The van der Waals surface area contributed by atoms with Gasteiger partial charge in [0, 0.05) is 11.3 Å². The molecule has 0 aliphatic rings. The first kappa shape index (κ1) is 20.1. The Morgan fingerprint density at radius 3 is 2.52 bits per heavy atom. The minimum Gasteiger partial charge on any atom is -0.497 e. The van der Waals surface area contributed by atoms with Crippen molar-refractivity contribution in [2.24, 2.45) is 0 Å². The molecule has 3 aromatic carbocycles. The van der Waals surface area contributed by atoms with Crippen LogP contribution in [0.25, 0.3) is 11.4 Å². The molecule has 1 N–H and O–H groups in total. The average molecular weight is 419 g/mol. The summed E-state index contributed by atoms with van der Waals surface area (Å²) in [4.78, 5) is 16.9. The van der Waals surface area contributed by atoms with Crippen LogP contribution in [0.1, 0.15) is 16.2 Å². The van der Waals surface area contributed by atoms with E-state index in [4.69, 9.17) is 14.0 Å². The second-order valence-corrected chi connectivity index (χ2v) is 6.49. The number of benzene rings is 3. The van der Waals surface area contributed by atoms with Crippen LogP contribution in [0.15, 0.2) is 77.3 Å². The van der Waals surface area contributed by atoms with Gasteiger partial charge in [-0.25, -0.2) is 4.39 Å². The van der Waals surface area contributed by atoms with Gasteiger partial charge in [-0.05, 0) is 60.7 Å². The molecule has 0 radical (unpaired) electrons. The zero-order valence-electron chi connectivity index (χ0n) is 16.5. The van der Waals surface area contributed by atoms with Crippen molar-refractivity contribution in [2.45, 2.75) is 6.61 Å². The molecule has 7 nitrogen and oxygen atoms in total. The first-order valence-electron chi connectivity index (χ1n) is 9.38. The van der Waals surface area contributed by atoms with Crippen LogP contribution in [0.2, 0.25) is 0 Å². The Bertz CT molecular complexity index is 1170. The monoisotopic (exact) mass is 419 g/mol. The van der Waals surface area contributed by atoms with Gasteiger partial charge >= 0.3 is 0 Å². The van der Waals surface area contributed by atoms with Crippen molar-refractivity contribution in [2.75, 3.05) is 12.4 Å². The minimum absolute atomic E-state index is 0.00992. The molecule has 1 aromatic heterocycles. The molecule has 0 saturated heterocycles. The van der Waals surface area contributed by atoms with E-state index in [2.05, 4.69) is 15.5 Å². The maximum absolute atomic E-state index is 13.1. The third-order valence-corrected chi connectivity index (χ3v) is 4.40. The van der Waals surface area contributed by atoms with Gasteiger partial charge in [-0.3, -0.25) is 4.79 Å². The predicted octanol–water partition coefficient (Wildman–Crippen LogP) is 4.72. The van der Waals surface area contributed by atoms with Gasteiger partial charge in [-0.15, -0.1) is 0 Å². The Morgan fingerprint density at radius 1 is 1.03 bits per heavy atom. The zero-order chi connectivity index (χ0) is 21.6. The quantitative estimate of drug-likeness (QED) is 0.467. The van der Waals surface area contributed by atoms with Crippen molar-refractivity contribution < 1.29 is 23.2 Å². The summed E-state index contributed by atoms with van der Waals surface area (Å²) in [6.07, 6.45) is 0. The van der Waals surface area contributed by atoms with Crippen molar-refractivity contribution in [3.8, 4) is 22.9 Å². The number of amides is 1. The van der Waals surface area contributed by atoms with E-state index >= 15 is 0 Å². The molecular formula is C23H18FN3O4. The van der Waals surface area contributed by atoms with Crippen LogP contribution >= 0.6 is 0 Å². The number of aromatic nitrogens is 2. The van der Waals surface area contributed by atoms with Crippen LogP contribution < -0.4 is 14.8 Å². The van der Waals surface area contributed by atoms with Crippen LogP contribution in [0, 0.1) is 5.82 Å². The van der Waals surface area contributed by atoms with Crippen LogP contribution in [0.3, 0.4) is 0 Å². The topological polar surface area (TPSA) is 86.5 Å². The summed E-state index contributed by atoms with van der Waals surface area (Å²) in [5.41, 5.74) is 1.57. The number of carbonyl (C=O) groups is 1. The second kappa shape index (κ2) is 9.08. The number of para-hydroxylation sites is 1. The summed E-state index contributed by atoms with van der Waals surface area (Å²) in [7, 11) is 1.59. The summed E-state index contributed by atoms with van der Waals surface area (Å²) in [6, 6.07) is 19.5. The van der Waals surface area contributed by atoms with Crippen LogP contribution in [-0.2, 0) is 6.61 Å². The van der Waals surface area contributed by atoms with E-state index in [9.17, 15) is 9.18 Å². The Kier molecular flexibility index (Phi) is 5.89. The van der Waals surface area contributed by atoms with Crippen molar-refractivity contribution >= 4 is 11.6 Å². The van der Waals surface area contributed by atoms with E-state index < -0.39 is 0 Å². The maximum atomic E-state index is 13.1. The van der Waals surface area contributed by atoms with E-state index in [1.165, 1.54) is 24.3 Å². The molecule has 0 aliphatic carbocycles. The van der Waals surface area contributed by atoms with Gasteiger partial charge in [-0.1, -0.05) is 17.3 Å². The molecule has 0 aliphatic heterocycles. The lowest BCUT2D eigenvalue weighted by Gasteiger charge is -2.10. The van der Waals surface area contributed by atoms with Crippen molar-refractivity contribution in [3.63, 3.8) is 0 Å². The molecule has 1 heterocycles. The number of hydrogen-bond donors (Lipinski definition) is 1. The third kappa shape index (κ3) is 4.87. The molecule has 0 atom stereocenters. The fraction of sp³-hybridized carbons (Fsp3) is 0.0870. The van der Waals surface area contributed by atoms with Gasteiger partial charge in [0.05, 0.1) is 12.7 Å². The highest BCUT2D eigenvalue weighted by Gasteiger charge is 2.15. The second-order valence-electron chi connectivity index (χ2n) is 6.49. The summed E-state index contributed by atoms with van der Waals surface area (Å²) in [5, 5.41) is 6.67. The molecule has 0 bridgehead atoms. The summed E-state index contributed by atoms with van der Waals surface area (Å²) < 4.78 is 29.2. The lowest BCUT2D eigenvalue weighted by molar-refractivity contribution is 0.102. The van der Waals surface area contributed by atoms with Crippen LogP contribution in [-0.4, -0.2) is 23.2 Å². The Labute approximate surface area is 177 Å². The lowest BCUT2D eigenvalue weighted by atomic mass is 10.2. The van der Waals surface area contributed by atoms with E-state index in [0.717, 1.165) is 11.3 Å². The molecule has 0 spiro atoms. The van der Waals surface area contributed by atoms with Gasteiger partial charge in [0.25, 0.3) is 11.8 Å². The number of methoxy groups -OCH3 is 1. The summed E-state index contributed by atoms with van der Waals surface area (Å²) >= 11 is 0. The first-order valence-corrected chi connectivity index (χ1v) is 9.38. The molecule has 4 aromatic rings. The molecule has 0 fully saturated rings. The molecule has 1 amide bonds. The number of rotatable bonds is 7. The number of nitrogens with zero attached hydrogens (tertiary/aromatic N) is 2. The number of anilines is 1. The highest BCUT2D eigenvalue weighted by molar-refractivity contribution is 6.06. The molecule has 4 rings (SSSR count). The van der Waals surface area contributed by atoms with Crippen molar-refractivity contribution in [3.05, 3.63) is 90.1 Å².